The van der Waals surface area contributed by atoms with Crippen molar-refractivity contribution >= 4 is 5.57 Å². The molecule has 2 aliphatic carbocycles. The molecule has 1 heterocycles. The van der Waals surface area contributed by atoms with Gasteiger partial charge < -0.3 is 24.5 Å². The van der Waals surface area contributed by atoms with Crippen LogP contribution in [-0.2, 0) is 11.2 Å². The van der Waals surface area contributed by atoms with Crippen molar-refractivity contribution in [2.75, 3.05) is 7.11 Å². The molecule has 0 aliphatic heterocycles. The number of aliphatic hydroxyl groups is 3. The van der Waals surface area contributed by atoms with Crippen molar-refractivity contribution in [3.63, 3.8) is 0 Å². The van der Waals surface area contributed by atoms with Gasteiger partial charge >= 0.3 is 0 Å². The zero-order chi connectivity index (χ0) is 15.9. The molecule has 2 aliphatic rings. The predicted octanol–water partition coefficient (Wildman–Crippen LogP) is 0.533. The van der Waals surface area contributed by atoms with Crippen LogP contribution in [0.5, 0.6) is 0 Å². The largest absolute Gasteiger partial charge is 0.461 e. The summed E-state index contributed by atoms with van der Waals surface area (Å²) in [5.41, 5.74) is 0.761. The Kier molecular flexibility index (Phi) is 4.18. The Bertz CT molecular complexity index is 647. The summed E-state index contributed by atoms with van der Waals surface area (Å²) in [5.74, 6) is 0.758. The summed E-state index contributed by atoms with van der Waals surface area (Å²) in [6.45, 7) is 0. The van der Waals surface area contributed by atoms with E-state index < -0.39 is 18.3 Å². The van der Waals surface area contributed by atoms with Crippen LogP contribution in [0.3, 0.4) is 0 Å². The van der Waals surface area contributed by atoms with E-state index in [4.69, 9.17) is 9.15 Å². The highest BCUT2D eigenvalue weighted by Gasteiger charge is 2.31. The summed E-state index contributed by atoms with van der Waals surface area (Å²) < 4.78 is 11.0. The Balaban J connectivity index is 1.98. The monoisotopic (exact) mass is 308 g/mol. The highest BCUT2D eigenvalue weighted by Crippen LogP contribution is 2.32. The molecule has 0 bridgehead atoms. The minimum absolute atomic E-state index is 0.151. The number of hydrogen-bond donors (Lipinski definition) is 3. The van der Waals surface area contributed by atoms with Crippen LogP contribution >= 0.6 is 0 Å². The Morgan fingerprint density at radius 1 is 1.27 bits per heavy atom. The van der Waals surface area contributed by atoms with E-state index >= 15 is 0 Å². The predicted molar refractivity (Wildman–Crippen MR) is 78.3 cm³/mol. The summed E-state index contributed by atoms with van der Waals surface area (Å²) in [5, 5.41) is 29.5. The molecule has 0 amide bonds. The lowest BCUT2D eigenvalue weighted by atomic mass is 9.90. The number of fused-ring (bicyclic) bond motifs is 1. The van der Waals surface area contributed by atoms with Crippen LogP contribution in [0.25, 0.3) is 5.57 Å². The molecule has 0 aromatic carbocycles. The van der Waals surface area contributed by atoms with Gasteiger partial charge in [-0.2, -0.15) is 0 Å². The average molecular weight is 308 g/mol. The molecule has 0 unspecified atom stereocenters. The first kappa shape index (κ1) is 15.4. The van der Waals surface area contributed by atoms with E-state index in [2.05, 4.69) is 0 Å². The number of rotatable bonds is 2. The van der Waals surface area contributed by atoms with Crippen molar-refractivity contribution < 1.29 is 24.5 Å². The smallest absolute Gasteiger partial charge is 0.191 e. The second-order valence-electron chi connectivity index (χ2n) is 5.93. The van der Waals surface area contributed by atoms with Gasteiger partial charge in [0, 0.05) is 32.4 Å². The second-order valence-corrected chi connectivity index (χ2v) is 5.93. The summed E-state index contributed by atoms with van der Waals surface area (Å²) in [7, 11) is 1.53. The van der Waals surface area contributed by atoms with Crippen molar-refractivity contribution in [1.82, 2.24) is 0 Å². The molecule has 3 rings (SSSR count). The summed E-state index contributed by atoms with van der Waals surface area (Å²) in [6, 6.07) is 1.37. The molecule has 1 aromatic rings. The van der Waals surface area contributed by atoms with Crippen molar-refractivity contribution in [2.45, 2.75) is 50.1 Å². The first-order valence-electron chi connectivity index (χ1n) is 7.43. The van der Waals surface area contributed by atoms with Crippen LogP contribution in [-0.4, -0.2) is 40.7 Å². The Morgan fingerprint density at radius 2 is 2.05 bits per heavy atom. The van der Waals surface area contributed by atoms with Crippen LogP contribution in [0.4, 0.5) is 0 Å². The first-order chi connectivity index (χ1) is 10.5. The third kappa shape index (κ3) is 2.75. The third-order valence-corrected chi connectivity index (χ3v) is 4.39. The maximum Gasteiger partial charge on any atom is 0.191 e. The average Bonchev–Trinajstić information content (AvgIpc) is 2.46. The van der Waals surface area contributed by atoms with Crippen LogP contribution < -0.4 is 5.43 Å². The highest BCUT2D eigenvalue weighted by atomic mass is 16.5. The molecule has 1 aromatic heterocycles. The van der Waals surface area contributed by atoms with Crippen molar-refractivity contribution in [3.8, 4) is 0 Å². The highest BCUT2D eigenvalue weighted by molar-refractivity contribution is 5.63. The van der Waals surface area contributed by atoms with E-state index in [1.807, 2.05) is 6.08 Å². The quantitative estimate of drug-likeness (QED) is 0.737. The normalized spacial score (nSPS) is 31.5. The molecular weight excluding hydrogens is 288 g/mol. The van der Waals surface area contributed by atoms with Crippen molar-refractivity contribution in [2.24, 2.45) is 0 Å². The van der Waals surface area contributed by atoms with Gasteiger partial charge in [0.2, 0.25) is 0 Å². The topological polar surface area (TPSA) is 100 Å². The standard InChI is InChI=1S/C16H20O6/c1-21-14-4-8(2-3-10(14)18)13-7-12(20)16-11(19)5-9(17)6-15(16)22-13/h2,7,9-11,14,17-19H,3-6H2,1H3/t9-,10-,11+,14+/m1/s1. The number of methoxy groups -OCH3 is 1. The summed E-state index contributed by atoms with van der Waals surface area (Å²) in [6.07, 6.45) is 0.480. The molecule has 6 nitrogen and oxygen atoms in total. The minimum Gasteiger partial charge on any atom is -0.461 e. The maximum absolute atomic E-state index is 12.3. The van der Waals surface area contributed by atoms with E-state index in [0.29, 0.717) is 24.4 Å². The van der Waals surface area contributed by atoms with E-state index in [0.717, 1.165) is 5.57 Å². The molecule has 0 radical (unpaired) electrons. The molecule has 3 N–H and O–H groups in total. The lowest BCUT2D eigenvalue weighted by molar-refractivity contribution is -0.0101. The molecule has 0 saturated carbocycles. The van der Waals surface area contributed by atoms with Crippen LogP contribution in [0.15, 0.2) is 21.4 Å². The van der Waals surface area contributed by atoms with Crippen molar-refractivity contribution in [3.05, 3.63) is 39.4 Å². The lowest BCUT2D eigenvalue weighted by Gasteiger charge is -2.27. The molecule has 22 heavy (non-hydrogen) atoms. The van der Waals surface area contributed by atoms with Crippen molar-refractivity contribution in [1.29, 1.82) is 0 Å². The van der Waals surface area contributed by atoms with E-state index in [9.17, 15) is 20.1 Å². The van der Waals surface area contributed by atoms with Gasteiger partial charge in [0.1, 0.15) is 11.5 Å². The van der Waals surface area contributed by atoms with Gasteiger partial charge in [-0.1, -0.05) is 6.08 Å². The van der Waals surface area contributed by atoms with Gasteiger partial charge in [-0.25, -0.2) is 0 Å². The van der Waals surface area contributed by atoms with Gasteiger partial charge in [0.05, 0.1) is 30.0 Å². The van der Waals surface area contributed by atoms with Gasteiger partial charge in [0.25, 0.3) is 0 Å². The molecule has 0 fully saturated rings. The van der Waals surface area contributed by atoms with E-state index in [1.165, 1.54) is 13.2 Å². The zero-order valence-corrected chi connectivity index (χ0v) is 12.4. The first-order valence-corrected chi connectivity index (χ1v) is 7.43. The Labute approximate surface area is 127 Å². The van der Waals surface area contributed by atoms with Crippen LogP contribution in [0, 0.1) is 0 Å². The van der Waals surface area contributed by atoms with E-state index in [-0.39, 0.29) is 29.9 Å². The molecule has 120 valence electrons. The van der Waals surface area contributed by atoms with Crippen LogP contribution in [0.2, 0.25) is 0 Å². The Hall–Kier alpha value is -1.47. The van der Waals surface area contributed by atoms with Crippen LogP contribution in [0.1, 0.15) is 42.5 Å². The van der Waals surface area contributed by atoms with Gasteiger partial charge in [-0.05, 0) is 12.0 Å². The number of hydrogen-bond acceptors (Lipinski definition) is 6. The number of ether oxygens (including phenoxy) is 1. The van der Waals surface area contributed by atoms with Gasteiger partial charge in [0.15, 0.2) is 5.43 Å². The summed E-state index contributed by atoms with van der Waals surface area (Å²) in [4.78, 5) is 12.3. The minimum atomic E-state index is -0.988. The SMILES string of the molecule is CO[C@H]1CC(c2cc(=O)c3c(o2)C[C@H](O)C[C@@H]3O)=CC[C@H]1O. The fourth-order valence-corrected chi connectivity index (χ4v) is 3.18. The Morgan fingerprint density at radius 3 is 2.77 bits per heavy atom. The molecule has 6 heteroatoms. The maximum atomic E-state index is 12.3. The third-order valence-electron chi connectivity index (χ3n) is 4.39. The molecular formula is C16H20O6. The zero-order valence-electron chi connectivity index (χ0n) is 12.4. The van der Waals surface area contributed by atoms with Gasteiger partial charge in [-0.15, -0.1) is 0 Å². The fraction of sp³-hybridized carbons (Fsp3) is 0.562. The fourth-order valence-electron chi connectivity index (χ4n) is 3.18. The molecule has 4 atom stereocenters. The molecule has 0 saturated heterocycles. The number of aliphatic hydroxyl groups excluding tert-OH is 3. The summed E-state index contributed by atoms with van der Waals surface area (Å²) >= 11 is 0. The van der Waals surface area contributed by atoms with E-state index in [1.54, 1.807) is 0 Å². The molecule has 0 spiro atoms. The lowest BCUT2D eigenvalue weighted by Crippen LogP contribution is -2.31. The van der Waals surface area contributed by atoms with Gasteiger partial charge in [-0.3, -0.25) is 4.79 Å². The second kappa shape index (κ2) is 5.96.